The Balaban J connectivity index is 3.27. The second kappa shape index (κ2) is 6.40. The monoisotopic (exact) mass is 173 g/mol. The number of nitrogens with two attached hydrogens (primary N) is 1. The van der Waals surface area contributed by atoms with Crippen LogP contribution >= 0.6 is 0 Å². The van der Waals surface area contributed by atoms with Crippen LogP contribution in [0, 0.1) is 0 Å². The zero-order valence-electron chi connectivity index (χ0n) is 8.88. The van der Waals surface area contributed by atoms with Crippen LogP contribution in [-0.4, -0.2) is 57.1 Å². The van der Waals surface area contributed by atoms with Crippen LogP contribution in [0.5, 0.6) is 0 Å². The highest BCUT2D eigenvalue weighted by Crippen LogP contribution is 1.96. The van der Waals surface area contributed by atoms with Gasteiger partial charge in [0.05, 0.1) is 0 Å². The third-order valence-electron chi connectivity index (χ3n) is 1.89. The van der Waals surface area contributed by atoms with Gasteiger partial charge in [0.1, 0.15) is 0 Å². The quantitative estimate of drug-likeness (QED) is 0.623. The van der Waals surface area contributed by atoms with Crippen molar-refractivity contribution in [3.63, 3.8) is 0 Å². The molecule has 74 valence electrons. The van der Waals surface area contributed by atoms with Crippen molar-refractivity contribution < 1.29 is 0 Å². The van der Waals surface area contributed by atoms with Gasteiger partial charge in [-0.1, -0.05) is 0 Å². The smallest absolute Gasteiger partial charge is 0.00631 e. The lowest BCUT2D eigenvalue weighted by Gasteiger charge is -2.17. The molecule has 0 rings (SSSR count). The summed E-state index contributed by atoms with van der Waals surface area (Å²) in [4.78, 5) is 4.35. The second-order valence-corrected chi connectivity index (χ2v) is 3.94. The van der Waals surface area contributed by atoms with E-state index in [1.165, 1.54) is 0 Å². The summed E-state index contributed by atoms with van der Waals surface area (Å²) in [7, 11) is 8.33. The first-order valence-electron chi connectivity index (χ1n) is 4.57. The Bertz CT molecular complexity index is 89.9. The van der Waals surface area contributed by atoms with Crippen molar-refractivity contribution in [1.29, 1.82) is 0 Å². The Labute approximate surface area is 76.5 Å². The molecule has 3 nitrogen and oxygen atoms in total. The van der Waals surface area contributed by atoms with E-state index in [9.17, 15) is 0 Å². The lowest BCUT2D eigenvalue weighted by Crippen LogP contribution is -2.29. The summed E-state index contributed by atoms with van der Waals surface area (Å²) < 4.78 is 0. The maximum absolute atomic E-state index is 5.92. The first-order valence-corrected chi connectivity index (χ1v) is 4.57. The molecule has 0 aromatic heterocycles. The molecule has 0 saturated carbocycles. The molecule has 2 N–H and O–H groups in total. The van der Waals surface area contributed by atoms with Gasteiger partial charge in [-0.05, 0) is 54.1 Å². The molecule has 0 radical (unpaired) electrons. The van der Waals surface area contributed by atoms with E-state index >= 15 is 0 Å². The molecule has 12 heavy (non-hydrogen) atoms. The van der Waals surface area contributed by atoms with Crippen LogP contribution in [0.2, 0.25) is 0 Å². The van der Waals surface area contributed by atoms with Crippen molar-refractivity contribution in [2.75, 3.05) is 41.3 Å². The molecule has 0 spiro atoms. The molecule has 0 aromatic rings. The molecular weight excluding hydrogens is 150 g/mol. The fourth-order valence-corrected chi connectivity index (χ4v) is 0.992. The summed E-state index contributed by atoms with van der Waals surface area (Å²) in [6.07, 6.45) is 2.20. The predicted molar refractivity (Wildman–Crippen MR) is 54.3 cm³/mol. The lowest BCUT2D eigenvalue weighted by atomic mass is 10.1. The average molecular weight is 173 g/mol. The normalized spacial score (nSPS) is 12.0. The van der Waals surface area contributed by atoms with E-state index in [1.807, 2.05) is 0 Å². The lowest BCUT2D eigenvalue weighted by molar-refractivity contribution is 0.342. The third-order valence-corrected chi connectivity index (χ3v) is 1.89. The molecule has 0 unspecified atom stereocenters. The van der Waals surface area contributed by atoms with E-state index in [1.54, 1.807) is 0 Å². The van der Waals surface area contributed by atoms with Gasteiger partial charge in [-0.15, -0.1) is 0 Å². The molecule has 0 amide bonds. The highest BCUT2D eigenvalue weighted by Gasteiger charge is 2.03. The Morgan fingerprint density at radius 3 is 1.50 bits per heavy atom. The van der Waals surface area contributed by atoms with Crippen molar-refractivity contribution >= 4 is 0 Å². The summed E-state index contributed by atoms with van der Waals surface area (Å²) in [6.45, 7) is 2.18. The van der Waals surface area contributed by atoms with E-state index < -0.39 is 0 Å². The maximum atomic E-state index is 5.92. The zero-order chi connectivity index (χ0) is 9.56. The highest BCUT2D eigenvalue weighted by atomic mass is 15.1. The molecule has 0 aliphatic rings. The summed E-state index contributed by atoms with van der Waals surface area (Å²) in [6, 6.07) is 0.356. The standard InChI is InChI=1S/C9H23N3/c1-11(2)7-5-9(10)6-8-12(3)4/h9H,5-8,10H2,1-4H3. The van der Waals surface area contributed by atoms with Gasteiger partial charge in [0, 0.05) is 6.04 Å². The van der Waals surface area contributed by atoms with Gasteiger partial charge in [-0.2, -0.15) is 0 Å². The van der Waals surface area contributed by atoms with Crippen molar-refractivity contribution in [3.05, 3.63) is 0 Å². The van der Waals surface area contributed by atoms with Crippen molar-refractivity contribution in [3.8, 4) is 0 Å². The second-order valence-electron chi connectivity index (χ2n) is 3.94. The van der Waals surface area contributed by atoms with Crippen LogP contribution in [0.25, 0.3) is 0 Å². The largest absolute Gasteiger partial charge is 0.328 e. The Morgan fingerprint density at radius 2 is 1.25 bits per heavy atom. The average Bonchev–Trinajstić information content (AvgIpc) is 1.96. The number of hydrogen-bond donors (Lipinski definition) is 1. The maximum Gasteiger partial charge on any atom is 0.00631 e. The zero-order valence-corrected chi connectivity index (χ0v) is 8.88. The van der Waals surface area contributed by atoms with Crippen LogP contribution in [-0.2, 0) is 0 Å². The Kier molecular flexibility index (Phi) is 6.34. The van der Waals surface area contributed by atoms with Crippen molar-refractivity contribution in [1.82, 2.24) is 9.80 Å². The topological polar surface area (TPSA) is 32.5 Å². The van der Waals surface area contributed by atoms with Gasteiger partial charge in [0.15, 0.2) is 0 Å². The van der Waals surface area contributed by atoms with E-state index in [2.05, 4.69) is 38.0 Å². The molecule has 0 aliphatic heterocycles. The SMILES string of the molecule is CN(C)CCC(N)CCN(C)C. The van der Waals surface area contributed by atoms with Gasteiger partial charge >= 0.3 is 0 Å². The third kappa shape index (κ3) is 7.98. The Morgan fingerprint density at radius 1 is 0.917 bits per heavy atom. The molecule has 0 heterocycles. The molecule has 0 saturated heterocycles. The highest BCUT2D eigenvalue weighted by molar-refractivity contribution is 4.64. The fraction of sp³-hybridized carbons (Fsp3) is 1.00. The number of nitrogens with zero attached hydrogens (tertiary/aromatic N) is 2. The number of hydrogen-bond acceptors (Lipinski definition) is 3. The van der Waals surface area contributed by atoms with Gasteiger partial charge in [0.2, 0.25) is 0 Å². The first kappa shape index (κ1) is 11.9. The molecule has 0 aromatic carbocycles. The first-order chi connectivity index (χ1) is 5.52. The van der Waals surface area contributed by atoms with Crippen LogP contribution in [0.4, 0.5) is 0 Å². The predicted octanol–water partition coefficient (Wildman–Crippen LogP) is 0.217. The van der Waals surface area contributed by atoms with E-state index in [0.717, 1.165) is 25.9 Å². The minimum Gasteiger partial charge on any atom is -0.328 e. The van der Waals surface area contributed by atoms with E-state index in [0.29, 0.717) is 6.04 Å². The van der Waals surface area contributed by atoms with Gasteiger partial charge < -0.3 is 15.5 Å². The molecule has 0 atom stereocenters. The minimum atomic E-state index is 0.356. The van der Waals surface area contributed by atoms with E-state index in [4.69, 9.17) is 5.73 Å². The summed E-state index contributed by atoms with van der Waals surface area (Å²) >= 11 is 0. The van der Waals surface area contributed by atoms with Gasteiger partial charge in [-0.25, -0.2) is 0 Å². The van der Waals surface area contributed by atoms with Crippen LogP contribution < -0.4 is 5.73 Å². The molecule has 0 fully saturated rings. The van der Waals surface area contributed by atoms with Gasteiger partial charge in [0.25, 0.3) is 0 Å². The fourth-order valence-electron chi connectivity index (χ4n) is 0.992. The molecule has 0 bridgehead atoms. The summed E-state index contributed by atoms with van der Waals surface area (Å²) in [5, 5.41) is 0. The molecular formula is C9H23N3. The minimum absolute atomic E-state index is 0.356. The van der Waals surface area contributed by atoms with Crippen molar-refractivity contribution in [2.24, 2.45) is 5.73 Å². The van der Waals surface area contributed by atoms with Crippen LogP contribution in [0.1, 0.15) is 12.8 Å². The summed E-state index contributed by atoms with van der Waals surface area (Å²) in [5.41, 5.74) is 5.92. The van der Waals surface area contributed by atoms with Crippen LogP contribution in [0.3, 0.4) is 0 Å². The number of rotatable bonds is 6. The molecule has 0 aliphatic carbocycles. The van der Waals surface area contributed by atoms with E-state index in [-0.39, 0.29) is 0 Å². The molecule has 3 heteroatoms. The van der Waals surface area contributed by atoms with Gasteiger partial charge in [-0.3, -0.25) is 0 Å². The summed E-state index contributed by atoms with van der Waals surface area (Å²) in [5.74, 6) is 0. The Hall–Kier alpha value is -0.120. The van der Waals surface area contributed by atoms with Crippen molar-refractivity contribution in [2.45, 2.75) is 18.9 Å². The van der Waals surface area contributed by atoms with Crippen LogP contribution in [0.15, 0.2) is 0 Å².